The molecule has 1 unspecified atom stereocenters. The second kappa shape index (κ2) is 7.45. The number of ether oxygens (including phenoxy) is 1. The van der Waals surface area contributed by atoms with E-state index < -0.39 is 0 Å². The Hall–Kier alpha value is -1.33. The first-order chi connectivity index (χ1) is 9.65. The van der Waals surface area contributed by atoms with E-state index in [-0.39, 0.29) is 11.9 Å². The number of carbonyl (C=O) groups excluding carboxylic acids is 1. The Morgan fingerprint density at radius 2 is 2.25 bits per heavy atom. The Morgan fingerprint density at radius 1 is 1.50 bits per heavy atom. The number of piperidine rings is 1. The molecule has 1 amide bonds. The van der Waals surface area contributed by atoms with Crippen LogP contribution in [0.15, 0.2) is 16.5 Å². The van der Waals surface area contributed by atoms with Crippen molar-refractivity contribution >= 4 is 5.91 Å². The SMILES string of the molecule is Cc1ccc(C(C)NC(=O)CCOC2CCNCC2)o1. The van der Waals surface area contributed by atoms with Crippen molar-refractivity contribution in [3.63, 3.8) is 0 Å². The number of carbonyl (C=O) groups is 1. The van der Waals surface area contributed by atoms with Gasteiger partial charge in [0.1, 0.15) is 11.5 Å². The molecule has 5 heteroatoms. The van der Waals surface area contributed by atoms with Gasteiger partial charge < -0.3 is 19.8 Å². The summed E-state index contributed by atoms with van der Waals surface area (Å²) in [4.78, 5) is 11.8. The van der Waals surface area contributed by atoms with Gasteiger partial charge in [-0.25, -0.2) is 0 Å². The molecule has 2 rings (SSSR count). The topological polar surface area (TPSA) is 63.5 Å². The van der Waals surface area contributed by atoms with Crippen LogP contribution in [0.2, 0.25) is 0 Å². The van der Waals surface area contributed by atoms with Gasteiger partial charge in [0.25, 0.3) is 0 Å². The van der Waals surface area contributed by atoms with Crippen LogP contribution in [0, 0.1) is 6.92 Å². The van der Waals surface area contributed by atoms with E-state index >= 15 is 0 Å². The highest BCUT2D eigenvalue weighted by molar-refractivity contribution is 5.76. The van der Waals surface area contributed by atoms with E-state index in [1.165, 1.54) is 0 Å². The number of amides is 1. The third kappa shape index (κ3) is 4.65. The average molecular weight is 280 g/mol. The van der Waals surface area contributed by atoms with Gasteiger partial charge in [-0.15, -0.1) is 0 Å². The predicted molar refractivity (Wildman–Crippen MR) is 76.5 cm³/mol. The average Bonchev–Trinajstić information content (AvgIpc) is 2.87. The highest BCUT2D eigenvalue weighted by Gasteiger charge is 2.15. The molecule has 0 aliphatic carbocycles. The van der Waals surface area contributed by atoms with Crippen LogP contribution in [0.3, 0.4) is 0 Å². The minimum atomic E-state index is -0.102. The Morgan fingerprint density at radius 3 is 2.90 bits per heavy atom. The first-order valence-corrected chi connectivity index (χ1v) is 7.33. The molecule has 5 nitrogen and oxygen atoms in total. The zero-order chi connectivity index (χ0) is 14.4. The summed E-state index contributed by atoms with van der Waals surface area (Å²) in [6.45, 7) is 6.31. The summed E-state index contributed by atoms with van der Waals surface area (Å²) >= 11 is 0. The smallest absolute Gasteiger partial charge is 0.222 e. The molecule has 1 aliphatic heterocycles. The van der Waals surface area contributed by atoms with Crippen LogP contribution in [-0.4, -0.2) is 31.7 Å². The van der Waals surface area contributed by atoms with Crippen LogP contribution in [-0.2, 0) is 9.53 Å². The fraction of sp³-hybridized carbons (Fsp3) is 0.667. The van der Waals surface area contributed by atoms with Crippen molar-refractivity contribution in [1.82, 2.24) is 10.6 Å². The summed E-state index contributed by atoms with van der Waals surface area (Å²) in [5.41, 5.74) is 0. The summed E-state index contributed by atoms with van der Waals surface area (Å²) in [5.74, 6) is 1.64. The number of hydrogen-bond donors (Lipinski definition) is 2. The number of rotatable bonds is 6. The summed E-state index contributed by atoms with van der Waals surface area (Å²) in [6.07, 6.45) is 2.76. The summed E-state index contributed by atoms with van der Waals surface area (Å²) in [6, 6.07) is 3.69. The van der Waals surface area contributed by atoms with Gasteiger partial charge in [0, 0.05) is 6.42 Å². The van der Waals surface area contributed by atoms with Gasteiger partial charge in [0.05, 0.1) is 18.8 Å². The third-order valence-electron chi connectivity index (χ3n) is 3.53. The van der Waals surface area contributed by atoms with Crippen LogP contribution in [0.25, 0.3) is 0 Å². The van der Waals surface area contributed by atoms with Gasteiger partial charge >= 0.3 is 0 Å². The summed E-state index contributed by atoms with van der Waals surface area (Å²) in [5, 5.41) is 6.21. The monoisotopic (exact) mass is 280 g/mol. The van der Waals surface area contributed by atoms with Crippen LogP contribution in [0.4, 0.5) is 0 Å². The lowest BCUT2D eigenvalue weighted by atomic mass is 10.1. The quantitative estimate of drug-likeness (QED) is 0.835. The lowest BCUT2D eigenvalue weighted by molar-refractivity contribution is -0.123. The largest absolute Gasteiger partial charge is 0.464 e. The molecule has 2 N–H and O–H groups in total. The van der Waals surface area contributed by atoms with Crippen LogP contribution in [0.1, 0.15) is 43.7 Å². The molecular formula is C15H24N2O3. The van der Waals surface area contributed by atoms with Crippen molar-refractivity contribution in [2.45, 2.75) is 45.3 Å². The molecule has 0 saturated carbocycles. The molecule has 0 spiro atoms. The highest BCUT2D eigenvalue weighted by atomic mass is 16.5. The lowest BCUT2D eigenvalue weighted by Gasteiger charge is -2.22. The second-order valence-electron chi connectivity index (χ2n) is 5.31. The maximum atomic E-state index is 11.8. The van der Waals surface area contributed by atoms with Crippen molar-refractivity contribution in [2.24, 2.45) is 0 Å². The number of furan rings is 1. The predicted octanol–water partition coefficient (Wildman–Crippen LogP) is 1.92. The van der Waals surface area contributed by atoms with E-state index in [2.05, 4.69) is 10.6 Å². The lowest BCUT2D eigenvalue weighted by Crippen LogP contribution is -2.33. The molecule has 1 atom stereocenters. The van der Waals surface area contributed by atoms with E-state index in [1.807, 2.05) is 26.0 Å². The van der Waals surface area contributed by atoms with E-state index in [9.17, 15) is 4.79 Å². The van der Waals surface area contributed by atoms with Crippen molar-refractivity contribution < 1.29 is 13.9 Å². The van der Waals surface area contributed by atoms with E-state index in [0.29, 0.717) is 19.1 Å². The number of nitrogens with one attached hydrogen (secondary N) is 2. The molecule has 20 heavy (non-hydrogen) atoms. The molecule has 0 aromatic carbocycles. The standard InChI is InChI=1S/C15H24N2O3/c1-11-3-4-14(20-11)12(2)17-15(18)7-10-19-13-5-8-16-9-6-13/h3-4,12-13,16H,5-10H2,1-2H3,(H,17,18). The molecule has 1 aromatic rings. The molecule has 2 heterocycles. The highest BCUT2D eigenvalue weighted by Crippen LogP contribution is 2.15. The fourth-order valence-corrected chi connectivity index (χ4v) is 2.35. The van der Waals surface area contributed by atoms with Crippen molar-refractivity contribution in [3.8, 4) is 0 Å². The summed E-state index contributed by atoms with van der Waals surface area (Å²) in [7, 11) is 0. The van der Waals surface area contributed by atoms with Crippen LogP contribution >= 0.6 is 0 Å². The first-order valence-electron chi connectivity index (χ1n) is 7.33. The van der Waals surface area contributed by atoms with Gasteiger partial charge in [-0.3, -0.25) is 4.79 Å². The van der Waals surface area contributed by atoms with Gasteiger partial charge in [-0.2, -0.15) is 0 Å². The van der Waals surface area contributed by atoms with Gasteiger partial charge in [-0.05, 0) is 51.9 Å². The van der Waals surface area contributed by atoms with Gasteiger partial charge in [-0.1, -0.05) is 0 Å². The molecule has 0 bridgehead atoms. The van der Waals surface area contributed by atoms with Crippen LogP contribution in [0.5, 0.6) is 0 Å². The number of aryl methyl sites for hydroxylation is 1. The molecule has 1 fully saturated rings. The molecular weight excluding hydrogens is 256 g/mol. The molecule has 1 saturated heterocycles. The fourth-order valence-electron chi connectivity index (χ4n) is 2.35. The Labute approximate surface area is 120 Å². The molecule has 112 valence electrons. The maximum absolute atomic E-state index is 11.8. The Bertz CT molecular complexity index is 425. The second-order valence-corrected chi connectivity index (χ2v) is 5.31. The normalized spacial score (nSPS) is 17.9. The number of hydrogen-bond acceptors (Lipinski definition) is 4. The minimum absolute atomic E-state index is 0.000451. The van der Waals surface area contributed by atoms with Crippen molar-refractivity contribution in [3.05, 3.63) is 23.7 Å². The zero-order valence-corrected chi connectivity index (χ0v) is 12.3. The minimum Gasteiger partial charge on any atom is -0.464 e. The molecule has 1 aromatic heterocycles. The Kier molecular flexibility index (Phi) is 5.61. The van der Waals surface area contributed by atoms with E-state index in [1.54, 1.807) is 0 Å². The van der Waals surface area contributed by atoms with Gasteiger partial charge in [0.15, 0.2) is 0 Å². The molecule has 0 radical (unpaired) electrons. The van der Waals surface area contributed by atoms with Crippen molar-refractivity contribution in [1.29, 1.82) is 0 Å². The third-order valence-corrected chi connectivity index (χ3v) is 3.53. The molecule has 1 aliphatic rings. The van der Waals surface area contributed by atoms with Crippen LogP contribution < -0.4 is 10.6 Å². The van der Waals surface area contributed by atoms with Gasteiger partial charge in [0.2, 0.25) is 5.91 Å². The van der Waals surface area contributed by atoms with Crippen molar-refractivity contribution in [2.75, 3.05) is 19.7 Å². The first kappa shape index (κ1) is 15.1. The van der Waals surface area contributed by atoms with E-state index in [4.69, 9.17) is 9.15 Å². The zero-order valence-electron chi connectivity index (χ0n) is 12.3. The summed E-state index contributed by atoms with van der Waals surface area (Å²) < 4.78 is 11.2. The Balaban J connectivity index is 1.64. The maximum Gasteiger partial charge on any atom is 0.222 e. The van der Waals surface area contributed by atoms with E-state index in [0.717, 1.165) is 37.5 Å².